The average molecular weight is 451 g/mol. The number of benzene rings is 3. The fraction of sp³-hybridized carbons (Fsp3) is 0.310. The molecule has 0 bridgehead atoms. The average Bonchev–Trinajstić information content (AvgIpc) is 2.85. The first-order chi connectivity index (χ1) is 16.0. The zero-order valence-electron chi connectivity index (χ0n) is 19.1. The lowest BCUT2D eigenvalue weighted by atomic mass is 9.92. The fourth-order valence-corrected chi connectivity index (χ4v) is 4.40. The van der Waals surface area contributed by atoms with Gasteiger partial charge < -0.3 is 4.74 Å². The van der Waals surface area contributed by atoms with Gasteiger partial charge in [0.1, 0.15) is 5.82 Å². The maximum Gasteiger partial charge on any atom is 0.166 e. The molecule has 33 heavy (non-hydrogen) atoms. The summed E-state index contributed by atoms with van der Waals surface area (Å²) in [5.41, 5.74) is 3.26. The molecule has 172 valence electrons. The second-order valence-corrected chi connectivity index (χ2v) is 8.66. The fourth-order valence-electron chi connectivity index (χ4n) is 4.40. The van der Waals surface area contributed by atoms with Crippen LogP contribution in [-0.4, -0.2) is 6.61 Å². The molecule has 1 heterocycles. The van der Waals surface area contributed by atoms with Crippen LogP contribution in [0.2, 0.25) is 0 Å². The molecule has 1 saturated heterocycles. The van der Waals surface area contributed by atoms with Crippen molar-refractivity contribution < 1.29 is 17.9 Å². The zero-order chi connectivity index (χ0) is 23.4. The first kappa shape index (κ1) is 23.3. The van der Waals surface area contributed by atoms with E-state index in [1.54, 1.807) is 48.5 Å². The van der Waals surface area contributed by atoms with Gasteiger partial charge in [0.05, 0.1) is 12.7 Å². The van der Waals surface area contributed by atoms with Gasteiger partial charge in [-0.3, -0.25) is 0 Å². The Balaban J connectivity index is 1.53. The van der Waals surface area contributed by atoms with Gasteiger partial charge in [-0.2, -0.15) is 0 Å². The summed E-state index contributed by atoms with van der Waals surface area (Å²) in [7, 11) is 0. The van der Waals surface area contributed by atoms with Gasteiger partial charge in [-0.15, -0.1) is 0 Å². The number of hydrogen-bond acceptors (Lipinski definition) is 1. The van der Waals surface area contributed by atoms with Crippen LogP contribution in [0, 0.1) is 23.4 Å². The van der Waals surface area contributed by atoms with Crippen molar-refractivity contribution in [3.63, 3.8) is 0 Å². The number of ether oxygens (including phenoxy) is 1. The van der Waals surface area contributed by atoms with Gasteiger partial charge in [-0.05, 0) is 60.4 Å². The molecule has 3 aromatic rings. The molecule has 0 saturated carbocycles. The standard InChI is InChI=1S/C29H29F3O/c1-3-5-6-22-12-14-24(29(32)28(22)31)21-10-8-20(9-11-21)23-13-15-25(26(30)17-23)27-16-7-19(4-2)18-33-27/h3,5,8-15,17,19,27H,4,6-7,16,18H2,1-2H3. The smallest absolute Gasteiger partial charge is 0.166 e. The molecule has 4 rings (SSSR count). The highest BCUT2D eigenvalue weighted by Gasteiger charge is 2.24. The van der Waals surface area contributed by atoms with E-state index in [9.17, 15) is 13.2 Å². The summed E-state index contributed by atoms with van der Waals surface area (Å²) >= 11 is 0. The van der Waals surface area contributed by atoms with Crippen LogP contribution < -0.4 is 0 Å². The third kappa shape index (κ3) is 5.06. The minimum Gasteiger partial charge on any atom is -0.373 e. The lowest BCUT2D eigenvalue weighted by Crippen LogP contribution is -2.20. The molecule has 1 nitrogen and oxygen atoms in total. The highest BCUT2D eigenvalue weighted by Crippen LogP contribution is 2.35. The summed E-state index contributed by atoms with van der Waals surface area (Å²) in [6.45, 7) is 4.67. The molecule has 0 spiro atoms. The molecule has 0 aliphatic carbocycles. The molecular formula is C29H29F3O. The minimum atomic E-state index is -0.849. The monoisotopic (exact) mass is 450 g/mol. The van der Waals surface area contributed by atoms with E-state index >= 15 is 0 Å². The van der Waals surface area contributed by atoms with Gasteiger partial charge in [-0.1, -0.05) is 74.0 Å². The van der Waals surface area contributed by atoms with E-state index in [0.717, 1.165) is 30.4 Å². The quantitative estimate of drug-likeness (QED) is 0.342. The minimum absolute atomic E-state index is 0.196. The van der Waals surface area contributed by atoms with Crippen molar-refractivity contribution in [1.82, 2.24) is 0 Å². The summed E-state index contributed by atoms with van der Waals surface area (Å²) in [6, 6.07) is 15.5. The van der Waals surface area contributed by atoms with Crippen molar-refractivity contribution >= 4 is 0 Å². The number of halogens is 3. The van der Waals surface area contributed by atoms with Crippen LogP contribution in [0.1, 0.15) is 50.3 Å². The largest absolute Gasteiger partial charge is 0.373 e. The van der Waals surface area contributed by atoms with Crippen LogP contribution in [0.15, 0.2) is 66.7 Å². The molecule has 0 radical (unpaired) electrons. The van der Waals surface area contributed by atoms with Gasteiger partial charge >= 0.3 is 0 Å². The summed E-state index contributed by atoms with van der Waals surface area (Å²) in [5.74, 6) is -1.38. The Morgan fingerprint density at radius 1 is 0.879 bits per heavy atom. The Morgan fingerprint density at radius 3 is 2.24 bits per heavy atom. The molecule has 4 heteroatoms. The third-order valence-electron chi connectivity index (χ3n) is 6.56. The Kier molecular flexibility index (Phi) is 7.34. The first-order valence-electron chi connectivity index (χ1n) is 11.6. The van der Waals surface area contributed by atoms with Crippen molar-refractivity contribution in [2.45, 2.75) is 45.6 Å². The van der Waals surface area contributed by atoms with E-state index < -0.39 is 11.6 Å². The van der Waals surface area contributed by atoms with Crippen molar-refractivity contribution in [3.8, 4) is 22.3 Å². The van der Waals surface area contributed by atoms with E-state index in [0.29, 0.717) is 35.6 Å². The van der Waals surface area contributed by atoms with Gasteiger partial charge in [0.2, 0.25) is 0 Å². The SMILES string of the molecule is CC=CCc1ccc(-c2ccc(-c3ccc(C4CCC(CC)CO4)c(F)c3)cc2)c(F)c1F. The molecule has 0 amide bonds. The van der Waals surface area contributed by atoms with Crippen LogP contribution in [0.3, 0.4) is 0 Å². The molecule has 0 aromatic heterocycles. The molecule has 1 fully saturated rings. The molecule has 1 aliphatic rings. The Labute approximate surface area is 193 Å². The van der Waals surface area contributed by atoms with Crippen LogP contribution in [0.4, 0.5) is 13.2 Å². The second-order valence-electron chi connectivity index (χ2n) is 8.66. The van der Waals surface area contributed by atoms with E-state index in [1.165, 1.54) is 6.07 Å². The Bertz CT molecular complexity index is 1130. The van der Waals surface area contributed by atoms with Crippen molar-refractivity contribution in [3.05, 3.63) is 95.3 Å². The summed E-state index contributed by atoms with van der Waals surface area (Å²) in [5, 5.41) is 0. The Morgan fingerprint density at radius 2 is 1.61 bits per heavy atom. The molecule has 1 aliphatic heterocycles. The van der Waals surface area contributed by atoms with Gasteiger partial charge in [0.15, 0.2) is 11.6 Å². The number of rotatable bonds is 6. The van der Waals surface area contributed by atoms with Gasteiger partial charge in [0, 0.05) is 11.1 Å². The van der Waals surface area contributed by atoms with Gasteiger partial charge in [0.25, 0.3) is 0 Å². The number of hydrogen-bond donors (Lipinski definition) is 0. The van der Waals surface area contributed by atoms with E-state index in [-0.39, 0.29) is 17.5 Å². The first-order valence-corrected chi connectivity index (χ1v) is 11.6. The maximum atomic E-state index is 14.9. The van der Waals surface area contributed by atoms with E-state index in [2.05, 4.69) is 6.92 Å². The molecule has 2 atom stereocenters. The molecule has 2 unspecified atom stereocenters. The summed E-state index contributed by atoms with van der Waals surface area (Å²) in [6.07, 6.45) is 6.73. The van der Waals surface area contributed by atoms with E-state index in [4.69, 9.17) is 4.74 Å². The lowest BCUT2D eigenvalue weighted by molar-refractivity contribution is -0.0198. The molecular weight excluding hydrogens is 421 g/mol. The lowest BCUT2D eigenvalue weighted by Gasteiger charge is -2.29. The summed E-state index contributed by atoms with van der Waals surface area (Å²) < 4.78 is 49.9. The predicted molar refractivity (Wildman–Crippen MR) is 127 cm³/mol. The van der Waals surface area contributed by atoms with Crippen LogP contribution >= 0.6 is 0 Å². The van der Waals surface area contributed by atoms with Crippen LogP contribution in [0.5, 0.6) is 0 Å². The normalized spacial score (nSPS) is 18.7. The molecule has 0 N–H and O–H groups in total. The summed E-state index contributed by atoms with van der Waals surface area (Å²) in [4.78, 5) is 0. The predicted octanol–water partition coefficient (Wildman–Crippen LogP) is 8.43. The van der Waals surface area contributed by atoms with Crippen LogP contribution in [0.25, 0.3) is 22.3 Å². The highest BCUT2D eigenvalue weighted by atomic mass is 19.2. The van der Waals surface area contributed by atoms with Crippen molar-refractivity contribution in [2.24, 2.45) is 5.92 Å². The zero-order valence-corrected chi connectivity index (χ0v) is 19.1. The van der Waals surface area contributed by atoms with Crippen molar-refractivity contribution in [1.29, 1.82) is 0 Å². The second kappa shape index (κ2) is 10.4. The van der Waals surface area contributed by atoms with E-state index in [1.807, 2.05) is 19.1 Å². The highest BCUT2D eigenvalue weighted by molar-refractivity contribution is 5.71. The Hall–Kier alpha value is -2.85. The molecule has 3 aromatic carbocycles. The topological polar surface area (TPSA) is 9.23 Å². The van der Waals surface area contributed by atoms with Crippen molar-refractivity contribution in [2.75, 3.05) is 6.61 Å². The van der Waals surface area contributed by atoms with Gasteiger partial charge in [-0.25, -0.2) is 13.2 Å². The number of allylic oxidation sites excluding steroid dienone is 2. The maximum absolute atomic E-state index is 14.9. The van der Waals surface area contributed by atoms with Crippen LogP contribution in [-0.2, 0) is 11.2 Å². The third-order valence-corrected chi connectivity index (χ3v) is 6.56.